The quantitative estimate of drug-likeness (QED) is 0.488. The largest absolute Gasteiger partial charge is 0.337 e. The third-order valence-electron chi connectivity index (χ3n) is 2.90. The van der Waals surface area contributed by atoms with Crippen molar-refractivity contribution in [3.63, 3.8) is 0 Å². The van der Waals surface area contributed by atoms with E-state index in [2.05, 4.69) is 5.43 Å². The van der Waals surface area contributed by atoms with Crippen molar-refractivity contribution < 1.29 is 9.72 Å². The SMILES string of the molecule is NNc1ccc([N+](=O)[O-])cc1C(=O)N1CCSCC1. The van der Waals surface area contributed by atoms with E-state index in [4.69, 9.17) is 5.84 Å². The molecule has 0 bridgehead atoms. The van der Waals surface area contributed by atoms with Gasteiger partial charge in [-0.15, -0.1) is 0 Å². The molecule has 1 aliphatic heterocycles. The lowest BCUT2D eigenvalue weighted by molar-refractivity contribution is -0.384. The Bertz CT molecular complexity index is 503. The van der Waals surface area contributed by atoms with E-state index < -0.39 is 4.92 Å². The highest BCUT2D eigenvalue weighted by Crippen LogP contribution is 2.24. The number of carbonyl (C=O) groups excluding carboxylic acids is 1. The fraction of sp³-hybridized carbons (Fsp3) is 0.364. The molecule has 0 radical (unpaired) electrons. The van der Waals surface area contributed by atoms with Crippen LogP contribution in [0.1, 0.15) is 10.4 Å². The molecule has 19 heavy (non-hydrogen) atoms. The number of thioether (sulfide) groups is 1. The third kappa shape index (κ3) is 2.96. The van der Waals surface area contributed by atoms with E-state index in [-0.39, 0.29) is 17.2 Å². The smallest absolute Gasteiger partial charge is 0.270 e. The average molecular weight is 282 g/mol. The molecule has 1 amide bonds. The van der Waals surface area contributed by atoms with Crippen molar-refractivity contribution in [2.75, 3.05) is 30.0 Å². The molecule has 0 aromatic heterocycles. The van der Waals surface area contributed by atoms with Crippen LogP contribution in [0.5, 0.6) is 0 Å². The van der Waals surface area contributed by atoms with Gasteiger partial charge in [0.25, 0.3) is 11.6 Å². The van der Waals surface area contributed by atoms with Crippen molar-refractivity contribution in [2.24, 2.45) is 5.84 Å². The zero-order valence-corrected chi connectivity index (χ0v) is 11.0. The highest BCUT2D eigenvalue weighted by atomic mass is 32.2. The van der Waals surface area contributed by atoms with Crippen molar-refractivity contribution in [3.05, 3.63) is 33.9 Å². The van der Waals surface area contributed by atoms with Gasteiger partial charge in [-0.2, -0.15) is 11.8 Å². The highest BCUT2D eigenvalue weighted by molar-refractivity contribution is 7.99. The van der Waals surface area contributed by atoms with Crippen LogP contribution in [0.2, 0.25) is 0 Å². The van der Waals surface area contributed by atoms with Crippen LogP contribution >= 0.6 is 11.8 Å². The van der Waals surface area contributed by atoms with Gasteiger partial charge in [0.2, 0.25) is 0 Å². The van der Waals surface area contributed by atoms with E-state index in [1.165, 1.54) is 18.2 Å². The van der Waals surface area contributed by atoms with Crippen LogP contribution in [0, 0.1) is 10.1 Å². The number of carbonyl (C=O) groups is 1. The third-order valence-corrected chi connectivity index (χ3v) is 3.84. The number of benzene rings is 1. The van der Waals surface area contributed by atoms with E-state index in [9.17, 15) is 14.9 Å². The molecule has 3 N–H and O–H groups in total. The van der Waals surface area contributed by atoms with Gasteiger partial charge in [0.05, 0.1) is 16.2 Å². The summed E-state index contributed by atoms with van der Waals surface area (Å²) < 4.78 is 0. The number of nitrogens with two attached hydrogens (primary N) is 1. The molecule has 1 aromatic rings. The van der Waals surface area contributed by atoms with Gasteiger partial charge in [-0.3, -0.25) is 20.8 Å². The first-order valence-corrected chi connectivity index (χ1v) is 6.91. The van der Waals surface area contributed by atoms with Crippen molar-refractivity contribution >= 4 is 29.0 Å². The lowest BCUT2D eigenvalue weighted by atomic mass is 10.1. The topological polar surface area (TPSA) is 101 Å². The van der Waals surface area contributed by atoms with Crippen LogP contribution in [0.15, 0.2) is 18.2 Å². The molecule has 0 unspecified atom stereocenters. The summed E-state index contributed by atoms with van der Waals surface area (Å²) in [6.45, 7) is 1.30. The van der Waals surface area contributed by atoms with E-state index in [0.29, 0.717) is 18.8 Å². The molecule has 1 aliphatic rings. The summed E-state index contributed by atoms with van der Waals surface area (Å²) in [5, 5.41) is 10.8. The molecule has 0 aliphatic carbocycles. The Kier molecular flexibility index (Phi) is 4.23. The van der Waals surface area contributed by atoms with Crippen LogP contribution in [0.4, 0.5) is 11.4 Å². The first kappa shape index (κ1) is 13.6. The number of nitro groups is 1. The Hall–Kier alpha value is -1.80. The minimum Gasteiger partial charge on any atom is -0.337 e. The maximum absolute atomic E-state index is 12.4. The molecule has 1 aromatic carbocycles. The Morgan fingerprint density at radius 2 is 2.11 bits per heavy atom. The summed E-state index contributed by atoms with van der Waals surface area (Å²) in [7, 11) is 0. The van der Waals surface area contributed by atoms with Gasteiger partial charge < -0.3 is 10.3 Å². The fourth-order valence-corrected chi connectivity index (χ4v) is 2.79. The molecule has 102 valence electrons. The van der Waals surface area contributed by atoms with E-state index in [1.807, 2.05) is 0 Å². The van der Waals surface area contributed by atoms with Gasteiger partial charge in [0.15, 0.2) is 0 Å². The Labute approximate surface area is 114 Å². The Morgan fingerprint density at radius 3 is 2.68 bits per heavy atom. The molecule has 1 fully saturated rings. The number of non-ortho nitro benzene ring substituents is 1. The molecular formula is C11H14N4O3S. The first-order valence-electron chi connectivity index (χ1n) is 5.75. The highest BCUT2D eigenvalue weighted by Gasteiger charge is 2.23. The van der Waals surface area contributed by atoms with Gasteiger partial charge >= 0.3 is 0 Å². The molecule has 0 atom stereocenters. The molecule has 1 heterocycles. The Morgan fingerprint density at radius 1 is 1.42 bits per heavy atom. The number of nitrogens with one attached hydrogen (secondary N) is 1. The van der Waals surface area contributed by atoms with Crippen LogP contribution in [0.3, 0.4) is 0 Å². The van der Waals surface area contributed by atoms with Gasteiger partial charge in [-0.05, 0) is 6.07 Å². The number of nitrogen functional groups attached to an aromatic ring is 1. The lowest BCUT2D eigenvalue weighted by Gasteiger charge is -2.27. The summed E-state index contributed by atoms with van der Waals surface area (Å²) >= 11 is 1.79. The van der Waals surface area contributed by atoms with Crippen molar-refractivity contribution in [1.29, 1.82) is 0 Å². The van der Waals surface area contributed by atoms with Gasteiger partial charge in [-0.1, -0.05) is 0 Å². The van der Waals surface area contributed by atoms with Crippen LogP contribution in [-0.2, 0) is 0 Å². The number of rotatable bonds is 3. The van der Waals surface area contributed by atoms with E-state index >= 15 is 0 Å². The molecule has 0 saturated carbocycles. The maximum atomic E-state index is 12.4. The molecule has 1 saturated heterocycles. The average Bonchev–Trinajstić information content (AvgIpc) is 2.46. The predicted octanol–water partition coefficient (Wildman–Crippen LogP) is 1.07. The molecule has 7 nitrogen and oxygen atoms in total. The number of amides is 1. The van der Waals surface area contributed by atoms with Crippen molar-refractivity contribution in [2.45, 2.75) is 0 Å². The van der Waals surface area contributed by atoms with Gasteiger partial charge in [-0.25, -0.2) is 0 Å². The van der Waals surface area contributed by atoms with Crippen LogP contribution in [-0.4, -0.2) is 40.3 Å². The summed E-state index contributed by atoms with van der Waals surface area (Å²) in [5.74, 6) is 6.89. The molecular weight excluding hydrogens is 268 g/mol. The monoisotopic (exact) mass is 282 g/mol. The van der Waals surface area contributed by atoms with Crippen LogP contribution in [0.25, 0.3) is 0 Å². The normalized spacial score (nSPS) is 15.1. The summed E-state index contributed by atoms with van der Waals surface area (Å²) in [6.07, 6.45) is 0. The summed E-state index contributed by atoms with van der Waals surface area (Å²) in [6, 6.07) is 4.03. The van der Waals surface area contributed by atoms with Crippen LogP contribution < -0.4 is 11.3 Å². The first-order chi connectivity index (χ1) is 9.13. The zero-order valence-electron chi connectivity index (χ0n) is 10.2. The van der Waals surface area contributed by atoms with E-state index in [0.717, 1.165) is 11.5 Å². The number of nitrogens with zero attached hydrogens (tertiary/aromatic N) is 2. The molecule has 0 spiro atoms. The second-order valence-electron chi connectivity index (χ2n) is 4.04. The summed E-state index contributed by atoms with van der Waals surface area (Å²) in [5.41, 5.74) is 2.93. The van der Waals surface area contributed by atoms with E-state index in [1.54, 1.807) is 16.7 Å². The van der Waals surface area contributed by atoms with Gasteiger partial charge in [0.1, 0.15) is 0 Å². The second kappa shape index (κ2) is 5.89. The lowest BCUT2D eigenvalue weighted by Crippen LogP contribution is -2.38. The zero-order chi connectivity index (χ0) is 13.8. The Balaban J connectivity index is 2.32. The fourth-order valence-electron chi connectivity index (χ4n) is 1.89. The number of hydrogen-bond acceptors (Lipinski definition) is 6. The van der Waals surface area contributed by atoms with Gasteiger partial charge in [0, 0.05) is 36.7 Å². The second-order valence-corrected chi connectivity index (χ2v) is 5.26. The molecule has 8 heteroatoms. The number of hydrazine groups is 1. The minimum atomic E-state index is -0.525. The number of nitro benzene ring substituents is 1. The van der Waals surface area contributed by atoms with Crippen molar-refractivity contribution in [3.8, 4) is 0 Å². The van der Waals surface area contributed by atoms with Crippen molar-refractivity contribution in [1.82, 2.24) is 4.90 Å². The number of anilines is 1. The maximum Gasteiger partial charge on any atom is 0.270 e. The molecule has 2 rings (SSSR count). The predicted molar refractivity (Wildman–Crippen MR) is 74.1 cm³/mol. The number of hydrogen-bond donors (Lipinski definition) is 2. The minimum absolute atomic E-state index is 0.117. The summed E-state index contributed by atoms with van der Waals surface area (Å²) in [4.78, 5) is 24.3. The standard InChI is InChI=1S/C11H14N4O3S/c12-13-10-2-1-8(15(17)18)7-9(10)11(16)14-3-5-19-6-4-14/h1-2,7,13H,3-6,12H2.